The van der Waals surface area contributed by atoms with Crippen LogP contribution in [-0.2, 0) is 20.8 Å². The summed E-state index contributed by atoms with van der Waals surface area (Å²) < 4.78 is 0. The lowest BCUT2D eigenvalue weighted by molar-refractivity contribution is -0.137. The number of amides is 2. The summed E-state index contributed by atoms with van der Waals surface area (Å²) in [7, 11) is 1.45. The third-order valence-electron chi connectivity index (χ3n) is 6.80. The summed E-state index contributed by atoms with van der Waals surface area (Å²) in [5.41, 5.74) is 5.20. The molecule has 0 spiro atoms. The molecule has 1 aromatic carbocycles. The number of phenolic OH excluding ortho intramolecular Hbond substituents is 1. The second kappa shape index (κ2) is 11.1. The van der Waals surface area contributed by atoms with Crippen molar-refractivity contribution >= 4 is 11.8 Å². The van der Waals surface area contributed by atoms with Crippen molar-refractivity contribution in [2.24, 2.45) is 5.92 Å². The minimum Gasteiger partial charge on any atom is -0.507 e. The Kier molecular flexibility index (Phi) is 8.51. The highest BCUT2D eigenvalue weighted by atomic mass is 16.6. The maximum Gasteiger partial charge on any atom is 0.257 e. The van der Waals surface area contributed by atoms with Crippen LogP contribution in [0.4, 0.5) is 0 Å². The van der Waals surface area contributed by atoms with Gasteiger partial charge in [0, 0.05) is 51.2 Å². The molecular weight excluding hydrogens is 408 g/mol. The first-order valence-electron chi connectivity index (χ1n) is 11.6. The zero-order chi connectivity index (χ0) is 23.3. The Morgan fingerprint density at radius 3 is 2.25 bits per heavy atom. The molecule has 2 saturated heterocycles. The molecule has 2 N–H and O–H groups in total. The van der Waals surface area contributed by atoms with E-state index < -0.39 is 0 Å². The third kappa shape index (κ3) is 6.21. The van der Waals surface area contributed by atoms with Crippen molar-refractivity contribution in [3.63, 3.8) is 0 Å². The Labute approximate surface area is 191 Å². The molecule has 0 unspecified atom stereocenters. The second-order valence-corrected chi connectivity index (χ2v) is 9.28. The lowest BCUT2D eigenvalue weighted by Crippen LogP contribution is -2.55. The van der Waals surface area contributed by atoms with Gasteiger partial charge in [-0.25, -0.2) is 5.48 Å². The fourth-order valence-corrected chi connectivity index (χ4v) is 5.02. The molecule has 178 valence electrons. The maximum absolute atomic E-state index is 13.0. The first kappa shape index (κ1) is 24.5. The highest BCUT2D eigenvalue weighted by Crippen LogP contribution is 2.25. The van der Waals surface area contributed by atoms with E-state index in [0.29, 0.717) is 24.8 Å². The van der Waals surface area contributed by atoms with E-state index in [2.05, 4.69) is 20.1 Å². The number of carbonyl (C=O) groups excluding carboxylic acids is 2. The van der Waals surface area contributed by atoms with Crippen LogP contribution in [0.25, 0.3) is 0 Å². The van der Waals surface area contributed by atoms with Gasteiger partial charge in [0.25, 0.3) is 5.91 Å². The summed E-state index contributed by atoms with van der Waals surface area (Å²) >= 11 is 0. The van der Waals surface area contributed by atoms with Crippen LogP contribution in [0.3, 0.4) is 0 Å². The number of piperazine rings is 1. The molecule has 2 heterocycles. The van der Waals surface area contributed by atoms with Crippen molar-refractivity contribution in [1.29, 1.82) is 0 Å². The zero-order valence-electron chi connectivity index (χ0n) is 19.9. The van der Waals surface area contributed by atoms with Crippen molar-refractivity contribution in [3.8, 4) is 5.75 Å². The molecule has 2 amide bonds. The molecule has 1 aromatic rings. The van der Waals surface area contributed by atoms with Crippen LogP contribution in [0.5, 0.6) is 5.75 Å². The average molecular weight is 447 g/mol. The second-order valence-electron chi connectivity index (χ2n) is 9.28. The zero-order valence-corrected chi connectivity index (χ0v) is 19.9. The van der Waals surface area contributed by atoms with Crippen LogP contribution in [-0.4, -0.2) is 90.6 Å². The van der Waals surface area contributed by atoms with Crippen LogP contribution >= 0.6 is 0 Å². The molecular formula is C24H38N4O4. The molecule has 2 fully saturated rings. The molecule has 0 aliphatic carbocycles. The quantitative estimate of drug-likeness (QED) is 0.617. The van der Waals surface area contributed by atoms with E-state index in [9.17, 15) is 14.7 Å². The Balaban J connectivity index is 1.43. The molecule has 0 aromatic heterocycles. The van der Waals surface area contributed by atoms with Crippen molar-refractivity contribution < 1.29 is 19.5 Å². The van der Waals surface area contributed by atoms with E-state index in [1.54, 1.807) is 0 Å². The Hall–Kier alpha value is -2.16. The van der Waals surface area contributed by atoms with Gasteiger partial charge in [0.05, 0.1) is 13.7 Å². The Morgan fingerprint density at radius 2 is 1.69 bits per heavy atom. The lowest BCUT2D eigenvalue weighted by atomic mass is 9.96. The topological polar surface area (TPSA) is 85.4 Å². The number of carbonyl (C=O) groups is 2. The molecule has 0 saturated carbocycles. The van der Waals surface area contributed by atoms with E-state index in [-0.39, 0.29) is 17.7 Å². The molecule has 8 nitrogen and oxygen atoms in total. The SMILES string of the molecule is CONC(=O)CN1CCC(N2CCN(C(=O)[C@H](C)Cc3cc(C)c(O)c(C)c3)CC2)CC1. The van der Waals surface area contributed by atoms with E-state index in [1.807, 2.05) is 37.8 Å². The summed E-state index contributed by atoms with van der Waals surface area (Å²) in [4.78, 5) is 36.1. The smallest absolute Gasteiger partial charge is 0.257 e. The Morgan fingerprint density at radius 1 is 1.09 bits per heavy atom. The van der Waals surface area contributed by atoms with E-state index >= 15 is 0 Å². The molecule has 0 radical (unpaired) electrons. The number of rotatable bonds is 7. The normalized spacial score (nSPS) is 19.7. The van der Waals surface area contributed by atoms with Gasteiger partial charge in [-0.15, -0.1) is 0 Å². The molecule has 0 bridgehead atoms. The van der Waals surface area contributed by atoms with Crippen LogP contribution in [0.2, 0.25) is 0 Å². The van der Waals surface area contributed by atoms with Gasteiger partial charge < -0.3 is 10.0 Å². The molecule has 2 aliphatic rings. The van der Waals surface area contributed by atoms with Crippen molar-refractivity contribution in [1.82, 2.24) is 20.2 Å². The molecule has 2 aliphatic heterocycles. The number of aromatic hydroxyl groups is 1. The molecule has 8 heteroatoms. The standard InChI is InChI=1S/C24H38N4O4/c1-17-13-20(14-18(2)23(17)30)15-19(3)24(31)28-11-9-27(10-12-28)21-5-7-26(8-6-21)16-22(29)25-32-4/h13-14,19,21,30H,5-12,15-16H2,1-4H3,(H,25,29)/t19-/m1/s1. The molecule has 1 atom stereocenters. The van der Waals surface area contributed by atoms with Gasteiger partial charge in [-0.05, 0) is 49.8 Å². The minimum atomic E-state index is -0.107. The molecule has 3 rings (SSSR count). The number of hydrogen-bond donors (Lipinski definition) is 2. The summed E-state index contributed by atoms with van der Waals surface area (Å²) in [6.45, 7) is 11.3. The van der Waals surface area contributed by atoms with E-state index in [0.717, 1.165) is 68.8 Å². The van der Waals surface area contributed by atoms with E-state index in [4.69, 9.17) is 0 Å². The van der Waals surface area contributed by atoms with Gasteiger partial charge in [0.15, 0.2) is 0 Å². The van der Waals surface area contributed by atoms with Gasteiger partial charge in [-0.3, -0.25) is 24.2 Å². The predicted molar refractivity (Wildman–Crippen MR) is 123 cm³/mol. The summed E-state index contributed by atoms with van der Waals surface area (Å²) in [6.07, 6.45) is 2.78. The number of hydroxylamine groups is 1. The van der Waals surface area contributed by atoms with Crippen LogP contribution < -0.4 is 5.48 Å². The fourth-order valence-electron chi connectivity index (χ4n) is 5.02. The number of nitrogens with zero attached hydrogens (tertiary/aromatic N) is 3. The van der Waals surface area contributed by atoms with Gasteiger partial charge in [-0.1, -0.05) is 19.1 Å². The monoisotopic (exact) mass is 446 g/mol. The average Bonchev–Trinajstić information content (AvgIpc) is 2.77. The largest absolute Gasteiger partial charge is 0.507 e. The van der Waals surface area contributed by atoms with Crippen LogP contribution in [0.1, 0.15) is 36.5 Å². The predicted octanol–water partition coefficient (Wildman–Crippen LogP) is 1.47. The Bertz CT molecular complexity index is 776. The number of nitrogens with one attached hydrogen (secondary N) is 1. The first-order chi connectivity index (χ1) is 15.3. The summed E-state index contributed by atoms with van der Waals surface area (Å²) in [5.74, 6) is 0.371. The van der Waals surface area contributed by atoms with Crippen LogP contribution in [0.15, 0.2) is 12.1 Å². The van der Waals surface area contributed by atoms with Gasteiger partial charge in [-0.2, -0.15) is 0 Å². The van der Waals surface area contributed by atoms with Crippen molar-refractivity contribution in [3.05, 3.63) is 28.8 Å². The number of piperidine rings is 1. The highest BCUT2D eigenvalue weighted by Gasteiger charge is 2.30. The van der Waals surface area contributed by atoms with Crippen molar-refractivity contribution in [2.75, 3.05) is 52.9 Å². The third-order valence-corrected chi connectivity index (χ3v) is 6.80. The summed E-state index contributed by atoms with van der Waals surface area (Å²) in [5, 5.41) is 9.98. The number of likely N-dealkylation sites (tertiary alicyclic amines) is 1. The minimum absolute atomic E-state index is 0.0774. The number of aryl methyl sites for hydroxylation is 2. The highest BCUT2D eigenvalue weighted by molar-refractivity contribution is 5.79. The lowest BCUT2D eigenvalue weighted by Gasteiger charge is -2.43. The number of phenols is 1. The maximum atomic E-state index is 13.0. The van der Waals surface area contributed by atoms with Gasteiger partial charge in [0.1, 0.15) is 5.75 Å². The van der Waals surface area contributed by atoms with Crippen molar-refractivity contribution in [2.45, 2.75) is 46.1 Å². The van der Waals surface area contributed by atoms with Crippen LogP contribution in [0, 0.1) is 19.8 Å². The van der Waals surface area contributed by atoms with Gasteiger partial charge in [0.2, 0.25) is 5.91 Å². The van der Waals surface area contributed by atoms with E-state index in [1.165, 1.54) is 7.11 Å². The van der Waals surface area contributed by atoms with Gasteiger partial charge >= 0.3 is 0 Å². The number of benzene rings is 1. The number of hydrogen-bond acceptors (Lipinski definition) is 6. The fraction of sp³-hybridized carbons (Fsp3) is 0.667. The summed E-state index contributed by atoms with van der Waals surface area (Å²) in [6, 6.07) is 4.49. The first-order valence-corrected chi connectivity index (χ1v) is 11.6. The molecule has 32 heavy (non-hydrogen) atoms.